The molecule has 2 N–H and O–H groups in total. The number of nitrogens with zero attached hydrogens (tertiary/aromatic N) is 1. The number of anilines is 2. The number of ether oxygens (including phenoxy) is 2. The fourth-order valence-electron chi connectivity index (χ4n) is 1.92. The zero-order valence-electron chi connectivity index (χ0n) is 13.6. The molecule has 0 aliphatic heterocycles. The van der Waals surface area contributed by atoms with Crippen LogP contribution in [0.2, 0.25) is 0 Å². The molecule has 0 radical (unpaired) electrons. The van der Waals surface area contributed by atoms with E-state index < -0.39 is 0 Å². The second-order valence-electron chi connectivity index (χ2n) is 4.87. The lowest BCUT2D eigenvalue weighted by Crippen LogP contribution is -2.10. The zero-order valence-corrected chi connectivity index (χ0v) is 13.6. The minimum Gasteiger partial charge on any atom is -0.382 e. The van der Waals surface area contributed by atoms with Gasteiger partial charge in [0.25, 0.3) is 0 Å². The summed E-state index contributed by atoms with van der Waals surface area (Å²) in [6.45, 7) is 11.0. The summed E-state index contributed by atoms with van der Waals surface area (Å²) < 4.78 is 10.6. The van der Waals surface area contributed by atoms with Gasteiger partial charge in [0.2, 0.25) is 0 Å². The van der Waals surface area contributed by atoms with Crippen molar-refractivity contribution in [2.45, 2.75) is 33.6 Å². The van der Waals surface area contributed by atoms with Crippen LogP contribution >= 0.6 is 0 Å². The minimum atomic E-state index is 0.776. The molecule has 21 heavy (non-hydrogen) atoms. The summed E-state index contributed by atoms with van der Waals surface area (Å²) >= 11 is 0. The molecule has 0 amide bonds. The lowest BCUT2D eigenvalue weighted by Gasteiger charge is -2.11. The quantitative estimate of drug-likeness (QED) is 0.580. The Hall–Kier alpha value is -1.33. The Labute approximate surface area is 128 Å². The van der Waals surface area contributed by atoms with Crippen LogP contribution < -0.4 is 10.6 Å². The van der Waals surface area contributed by atoms with Crippen LogP contribution in [0, 0.1) is 6.92 Å². The van der Waals surface area contributed by atoms with Crippen LogP contribution in [0.25, 0.3) is 0 Å². The van der Waals surface area contributed by atoms with Crippen molar-refractivity contribution in [3.05, 3.63) is 17.7 Å². The molecular formula is C16H29N3O2. The Morgan fingerprint density at radius 1 is 0.905 bits per heavy atom. The molecular weight excluding hydrogens is 266 g/mol. The van der Waals surface area contributed by atoms with E-state index in [4.69, 9.17) is 9.47 Å². The van der Waals surface area contributed by atoms with Crippen LogP contribution in [0.15, 0.2) is 12.1 Å². The number of aromatic nitrogens is 1. The van der Waals surface area contributed by atoms with Gasteiger partial charge in [-0.15, -0.1) is 0 Å². The molecule has 0 bridgehead atoms. The fourth-order valence-corrected chi connectivity index (χ4v) is 1.92. The molecule has 0 spiro atoms. The predicted molar refractivity (Wildman–Crippen MR) is 88.2 cm³/mol. The highest BCUT2D eigenvalue weighted by Gasteiger charge is 2.00. The summed E-state index contributed by atoms with van der Waals surface area (Å²) in [7, 11) is 0. The molecule has 0 aromatic carbocycles. The van der Waals surface area contributed by atoms with Crippen LogP contribution in [-0.2, 0) is 9.47 Å². The Morgan fingerprint density at radius 2 is 1.38 bits per heavy atom. The highest BCUT2D eigenvalue weighted by atomic mass is 16.5. The average Bonchev–Trinajstić information content (AvgIpc) is 2.46. The molecule has 5 nitrogen and oxygen atoms in total. The maximum atomic E-state index is 5.32. The minimum absolute atomic E-state index is 0.776. The Bertz CT molecular complexity index is 354. The third kappa shape index (κ3) is 8.52. The zero-order chi connectivity index (χ0) is 15.3. The van der Waals surface area contributed by atoms with E-state index in [0.29, 0.717) is 0 Å². The highest BCUT2D eigenvalue weighted by molar-refractivity contribution is 5.48. The summed E-state index contributed by atoms with van der Waals surface area (Å²) in [6.07, 6.45) is 1.97. The highest BCUT2D eigenvalue weighted by Crippen LogP contribution is 2.13. The fraction of sp³-hybridized carbons (Fsp3) is 0.688. The van der Waals surface area contributed by atoms with Crippen LogP contribution in [0.5, 0.6) is 0 Å². The molecule has 0 atom stereocenters. The molecule has 0 aliphatic rings. The molecule has 1 aromatic heterocycles. The van der Waals surface area contributed by atoms with Gasteiger partial charge in [-0.05, 0) is 51.3 Å². The molecule has 0 saturated carbocycles. The van der Waals surface area contributed by atoms with Gasteiger partial charge in [-0.25, -0.2) is 4.98 Å². The van der Waals surface area contributed by atoms with E-state index in [9.17, 15) is 0 Å². The predicted octanol–water partition coefficient (Wildman–Crippen LogP) is 3.07. The van der Waals surface area contributed by atoms with Gasteiger partial charge < -0.3 is 20.1 Å². The number of rotatable bonds is 12. The molecule has 1 aromatic rings. The van der Waals surface area contributed by atoms with Crippen LogP contribution in [0.3, 0.4) is 0 Å². The largest absolute Gasteiger partial charge is 0.382 e. The number of nitrogens with one attached hydrogen (secondary N) is 2. The van der Waals surface area contributed by atoms with E-state index in [0.717, 1.165) is 64.0 Å². The van der Waals surface area contributed by atoms with Gasteiger partial charge in [0.1, 0.15) is 11.6 Å². The number of pyridine rings is 1. The monoisotopic (exact) mass is 295 g/mol. The van der Waals surface area contributed by atoms with E-state index in [1.807, 2.05) is 13.8 Å². The van der Waals surface area contributed by atoms with Crippen molar-refractivity contribution >= 4 is 11.6 Å². The molecule has 0 aliphatic carbocycles. The Kier molecular flexibility index (Phi) is 9.57. The number of hydrogen-bond acceptors (Lipinski definition) is 5. The molecule has 5 heteroatoms. The molecule has 0 saturated heterocycles. The average molecular weight is 295 g/mol. The second kappa shape index (κ2) is 11.3. The van der Waals surface area contributed by atoms with Gasteiger partial charge in [0, 0.05) is 39.5 Å². The molecule has 1 rings (SSSR count). The van der Waals surface area contributed by atoms with E-state index in [-0.39, 0.29) is 0 Å². The first-order valence-electron chi connectivity index (χ1n) is 7.88. The molecule has 120 valence electrons. The SMILES string of the molecule is CCOCCCNc1cc(C)cc(NCCCOCC)n1. The third-order valence-electron chi connectivity index (χ3n) is 2.92. The van der Waals surface area contributed by atoms with Gasteiger partial charge >= 0.3 is 0 Å². The van der Waals surface area contributed by atoms with Crippen molar-refractivity contribution in [1.29, 1.82) is 0 Å². The van der Waals surface area contributed by atoms with Gasteiger partial charge in [-0.3, -0.25) is 0 Å². The van der Waals surface area contributed by atoms with Gasteiger partial charge in [-0.2, -0.15) is 0 Å². The summed E-state index contributed by atoms with van der Waals surface area (Å²) in [5, 5.41) is 6.68. The van der Waals surface area contributed by atoms with Crippen molar-refractivity contribution in [2.75, 3.05) is 50.2 Å². The second-order valence-corrected chi connectivity index (χ2v) is 4.87. The van der Waals surface area contributed by atoms with Gasteiger partial charge in [0.15, 0.2) is 0 Å². The Balaban J connectivity index is 2.32. The summed E-state index contributed by atoms with van der Waals surface area (Å²) in [6, 6.07) is 4.12. The van der Waals surface area contributed by atoms with Crippen molar-refractivity contribution in [3.63, 3.8) is 0 Å². The molecule has 0 fully saturated rings. The number of hydrogen-bond donors (Lipinski definition) is 2. The standard InChI is InChI=1S/C16H29N3O2/c1-4-20-10-6-8-17-15-12-14(3)13-16(19-15)18-9-7-11-21-5-2/h12-13H,4-11H2,1-3H3,(H2,17,18,19). The van der Waals surface area contributed by atoms with Crippen molar-refractivity contribution in [1.82, 2.24) is 4.98 Å². The lowest BCUT2D eigenvalue weighted by molar-refractivity contribution is 0.147. The first-order valence-corrected chi connectivity index (χ1v) is 7.88. The lowest BCUT2D eigenvalue weighted by atomic mass is 10.2. The van der Waals surface area contributed by atoms with Gasteiger partial charge in [0.05, 0.1) is 0 Å². The number of aryl methyl sites for hydroxylation is 1. The van der Waals surface area contributed by atoms with E-state index in [1.165, 1.54) is 5.56 Å². The smallest absolute Gasteiger partial charge is 0.128 e. The maximum Gasteiger partial charge on any atom is 0.128 e. The first kappa shape index (κ1) is 17.7. The van der Waals surface area contributed by atoms with E-state index in [2.05, 4.69) is 34.7 Å². The van der Waals surface area contributed by atoms with Gasteiger partial charge in [-0.1, -0.05) is 0 Å². The topological polar surface area (TPSA) is 55.4 Å². The molecule has 1 heterocycles. The van der Waals surface area contributed by atoms with Crippen LogP contribution in [0.4, 0.5) is 11.6 Å². The first-order chi connectivity index (χ1) is 10.3. The molecule has 0 unspecified atom stereocenters. The summed E-state index contributed by atoms with van der Waals surface area (Å²) in [4.78, 5) is 4.57. The van der Waals surface area contributed by atoms with Crippen LogP contribution in [-0.4, -0.2) is 44.5 Å². The van der Waals surface area contributed by atoms with Crippen LogP contribution in [0.1, 0.15) is 32.3 Å². The van der Waals surface area contributed by atoms with E-state index >= 15 is 0 Å². The normalized spacial score (nSPS) is 10.6. The maximum absolute atomic E-state index is 5.32. The van der Waals surface area contributed by atoms with Crippen molar-refractivity contribution in [2.24, 2.45) is 0 Å². The van der Waals surface area contributed by atoms with Crippen molar-refractivity contribution < 1.29 is 9.47 Å². The third-order valence-corrected chi connectivity index (χ3v) is 2.92. The van der Waals surface area contributed by atoms with E-state index in [1.54, 1.807) is 0 Å². The summed E-state index contributed by atoms with van der Waals surface area (Å²) in [5.74, 6) is 1.83. The van der Waals surface area contributed by atoms with Crippen molar-refractivity contribution in [3.8, 4) is 0 Å². The summed E-state index contributed by atoms with van der Waals surface area (Å²) in [5.41, 5.74) is 1.20. The Morgan fingerprint density at radius 3 is 1.81 bits per heavy atom.